The number of hydrogen-bond acceptors (Lipinski definition) is 6. The van der Waals surface area contributed by atoms with Gasteiger partial charge in [0, 0.05) is 17.5 Å². The lowest BCUT2D eigenvalue weighted by molar-refractivity contribution is -0.114. The molecule has 0 fully saturated rings. The standard InChI is InChI=1S/C17H18N2O5S2/c1-10(20)18-11-6-8-12(9-7-11)26(22,23)19-16-15(17(21)24-2)13-4-3-5-14(13)25-16/h6-9,19H,3-5H2,1-2H3,(H,18,20). The average Bonchev–Trinajstić information content (AvgIpc) is 3.14. The quantitative estimate of drug-likeness (QED) is 0.760. The summed E-state index contributed by atoms with van der Waals surface area (Å²) in [5.41, 5.74) is 1.69. The van der Waals surface area contributed by atoms with E-state index in [0.29, 0.717) is 11.3 Å². The van der Waals surface area contributed by atoms with Crippen LogP contribution in [0, 0.1) is 0 Å². The van der Waals surface area contributed by atoms with E-state index in [4.69, 9.17) is 4.74 Å². The van der Waals surface area contributed by atoms with Crippen LogP contribution in [0.3, 0.4) is 0 Å². The summed E-state index contributed by atoms with van der Waals surface area (Å²) in [5, 5.41) is 2.86. The normalized spacial score (nSPS) is 13.2. The van der Waals surface area contributed by atoms with Crippen LogP contribution in [0.15, 0.2) is 29.2 Å². The molecule has 26 heavy (non-hydrogen) atoms. The maximum absolute atomic E-state index is 12.7. The number of methoxy groups -OCH3 is 1. The van der Waals surface area contributed by atoms with Crippen LogP contribution >= 0.6 is 11.3 Å². The predicted octanol–water partition coefficient (Wildman–Crippen LogP) is 2.78. The third-order valence-corrected chi connectivity index (χ3v) is 6.72. The molecule has 1 heterocycles. The third kappa shape index (κ3) is 3.58. The summed E-state index contributed by atoms with van der Waals surface area (Å²) in [5.74, 6) is -0.780. The number of nitrogens with one attached hydrogen (secondary N) is 2. The number of amides is 1. The summed E-state index contributed by atoms with van der Waals surface area (Å²) >= 11 is 1.28. The van der Waals surface area contributed by atoms with Crippen molar-refractivity contribution < 1.29 is 22.7 Å². The van der Waals surface area contributed by atoms with Gasteiger partial charge in [-0.1, -0.05) is 0 Å². The van der Waals surface area contributed by atoms with E-state index in [-0.39, 0.29) is 15.8 Å². The molecule has 0 spiro atoms. The van der Waals surface area contributed by atoms with Crippen LogP contribution in [0.1, 0.15) is 34.1 Å². The fourth-order valence-electron chi connectivity index (χ4n) is 2.90. The van der Waals surface area contributed by atoms with Crippen molar-refractivity contribution in [3.63, 3.8) is 0 Å². The number of hydrogen-bond donors (Lipinski definition) is 2. The number of esters is 1. The number of ether oxygens (including phenoxy) is 1. The van der Waals surface area contributed by atoms with Crippen LogP contribution in [0.25, 0.3) is 0 Å². The van der Waals surface area contributed by atoms with Gasteiger partial charge < -0.3 is 10.1 Å². The minimum Gasteiger partial charge on any atom is -0.465 e. The van der Waals surface area contributed by atoms with Gasteiger partial charge in [-0.15, -0.1) is 11.3 Å². The van der Waals surface area contributed by atoms with E-state index < -0.39 is 16.0 Å². The lowest BCUT2D eigenvalue weighted by Gasteiger charge is -2.10. The minimum atomic E-state index is -3.87. The topological polar surface area (TPSA) is 102 Å². The molecule has 0 aliphatic heterocycles. The van der Waals surface area contributed by atoms with Crippen molar-refractivity contribution in [2.45, 2.75) is 31.1 Å². The summed E-state index contributed by atoms with van der Waals surface area (Å²) in [6.07, 6.45) is 2.52. The van der Waals surface area contributed by atoms with Gasteiger partial charge in [-0.3, -0.25) is 9.52 Å². The Kier molecular flexibility index (Phi) is 5.01. The Morgan fingerprint density at radius 1 is 1.15 bits per heavy atom. The summed E-state index contributed by atoms with van der Waals surface area (Å²) < 4.78 is 32.7. The Morgan fingerprint density at radius 2 is 1.85 bits per heavy atom. The Bertz CT molecular complexity index is 962. The van der Waals surface area contributed by atoms with Crippen molar-refractivity contribution in [3.05, 3.63) is 40.3 Å². The van der Waals surface area contributed by atoms with Crippen LogP contribution < -0.4 is 10.0 Å². The van der Waals surface area contributed by atoms with E-state index >= 15 is 0 Å². The number of carbonyl (C=O) groups excluding carboxylic acids is 2. The maximum Gasteiger partial charge on any atom is 0.341 e. The molecule has 1 aromatic heterocycles. The fourth-order valence-corrected chi connectivity index (χ4v) is 5.48. The molecule has 138 valence electrons. The minimum absolute atomic E-state index is 0.0379. The number of anilines is 2. The highest BCUT2D eigenvalue weighted by Gasteiger charge is 2.29. The van der Waals surface area contributed by atoms with Gasteiger partial charge in [0.2, 0.25) is 5.91 Å². The number of sulfonamides is 1. The van der Waals surface area contributed by atoms with Crippen LogP contribution in [-0.2, 0) is 32.4 Å². The molecule has 0 atom stereocenters. The Balaban J connectivity index is 1.91. The van der Waals surface area contributed by atoms with E-state index in [0.717, 1.165) is 29.7 Å². The lowest BCUT2D eigenvalue weighted by Crippen LogP contribution is -2.15. The molecule has 0 saturated heterocycles. The molecular formula is C17H18N2O5S2. The number of carbonyl (C=O) groups is 2. The van der Waals surface area contributed by atoms with Gasteiger partial charge in [-0.25, -0.2) is 13.2 Å². The highest BCUT2D eigenvalue weighted by Crippen LogP contribution is 2.40. The zero-order valence-electron chi connectivity index (χ0n) is 14.3. The van der Waals surface area contributed by atoms with E-state index in [2.05, 4.69) is 10.0 Å². The van der Waals surface area contributed by atoms with Crippen LogP contribution in [0.5, 0.6) is 0 Å². The van der Waals surface area contributed by atoms with E-state index in [1.54, 1.807) is 0 Å². The molecule has 0 unspecified atom stereocenters. The predicted molar refractivity (Wildman–Crippen MR) is 99.2 cm³/mol. The summed E-state index contributed by atoms with van der Waals surface area (Å²) in [6.45, 7) is 1.37. The highest BCUT2D eigenvalue weighted by molar-refractivity contribution is 7.93. The van der Waals surface area contributed by atoms with Gasteiger partial charge in [0.15, 0.2) is 0 Å². The van der Waals surface area contributed by atoms with Crippen molar-refractivity contribution >= 4 is 43.9 Å². The largest absolute Gasteiger partial charge is 0.465 e. The van der Waals surface area contributed by atoms with Gasteiger partial charge in [0.25, 0.3) is 10.0 Å². The first-order chi connectivity index (χ1) is 12.3. The van der Waals surface area contributed by atoms with Crippen molar-refractivity contribution in [3.8, 4) is 0 Å². The second-order valence-electron chi connectivity index (χ2n) is 5.86. The second kappa shape index (κ2) is 7.08. The molecule has 0 bridgehead atoms. The average molecular weight is 394 g/mol. The molecule has 7 nitrogen and oxygen atoms in total. The molecule has 0 saturated carbocycles. The molecule has 1 aliphatic carbocycles. The zero-order chi connectivity index (χ0) is 18.9. The van der Waals surface area contributed by atoms with Gasteiger partial charge in [-0.05, 0) is 49.1 Å². The lowest BCUT2D eigenvalue weighted by atomic mass is 10.1. The SMILES string of the molecule is COC(=O)c1c(NS(=O)(=O)c2ccc(NC(C)=O)cc2)sc2c1CCC2. The zero-order valence-corrected chi connectivity index (χ0v) is 15.9. The van der Waals surface area contributed by atoms with Crippen molar-refractivity contribution in [1.29, 1.82) is 0 Å². The van der Waals surface area contributed by atoms with E-state index in [1.807, 2.05) is 0 Å². The Labute approximate surface area is 155 Å². The molecule has 2 N–H and O–H groups in total. The van der Waals surface area contributed by atoms with Crippen molar-refractivity contribution in [1.82, 2.24) is 0 Å². The molecule has 9 heteroatoms. The number of fused-ring (bicyclic) bond motifs is 1. The molecule has 2 aromatic rings. The van der Waals surface area contributed by atoms with Gasteiger partial charge >= 0.3 is 5.97 Å². The van der Waals surface area contributed by atoms with E-state index in [1.165, 1.54) is 49.6 Å². The number of benzene rings is 1. The molecule has 1 amide bonds. The maximum atomic E-state index is 12.7. The highest BCUT2D eigenvalue weighted by atomic mass is 32.2. The van der Waals surface area contributed by atoms with Crippen LogP contribution in [0.4, 0.5) is 10.7 Å². The first kappa shape index (κ1) is 18.4. The Hall–Kier alpha value is -2.39. The smallest absolute Gasteiger partial charge is 0.341 e. The van der Waals surface area contributed by atoms with Gasteiger partial charge in [0.05, 0.1) is 17.6 Å². The monoisotopic (exact) mass is 394 g/mol. The number of rotatable bonds is 5. The molecular weight excluding hydrogens is 376 g/mol. The summed E-state index contributed by atoms with van der Waals surface area (Å²) in [7, 11) is -2.59. The van der Waals surface area contributed by atoms with E-state index in [9.17, 15) is 18.0 Å². The van der Waals surface area contributed by atoms with Gasteiger partial charge in [-0.2, -0.15) is 0 Å². The first-order valence-corrected chi connectivity index (χ1v) is 10.2. The van der Waals surface area contributed by atoms with Crippen LogP contribution in [-0.4, -0.2) is 27.4 Å². The van der Waals surface area contributed by atoms with Gasteiger partial charge in [0.1, 0.15) is 5.00 Å². The van der Waals surface area contributed by atoms with Crippen LogP contribution in [0.2, 0.25) is 0 Å². The fraction of sp³-hybridized carbons (Fsp3) is 0.294. The molecule has 3 rings (SSSR count). The Morgan fingerprint density at radius 3 is 2.46 bits per heavy atom. The summed E-state index contributed by atoms with van der Waals surface area (Å²) in [6, 6.07) is 5.80. The third-order valence-electron chi connectivity index (χ3n) is 4.02. The first-order valence-electron chi connectivity index (χ1n) is 7.95. The molecule has 1 aromatic carbocycles. The van der Waals surface area contributed by atoms with Crippen molar-refractivity contribution in [2.24, 2.45) is 0 Å². The second-order valence-corrected chi connectivity index (χ2v) is 8.65. The number of aryl methyl sites for hydroxylation is 1. The molecule has 1 aliphatic rings. The summed E-state index contributed by atoms with van der Waals surface area (Å²) in [4.78, 5) is 24.2. The number of thiophene rings is 1. The molecule has 0 radical (unpaired) electrons. The van der Waals surface area contributed by atoms with Crippen molar-refractivity contribution in [2.75, 3.05) is 17.1 Å².